The Morgan fingerprint density at radius 3 is 0.220 bits per heavy atom. The van der Waals surface area contributed by atoms with E-state index in [1.54, 1.807) is 0 Å². The fraction of sp³-hybridized carbons (Fsp3) is 0. The van der Waals surface area contributed by atoms with E-state index in [0.29, 0.717) is 0 Å². The molecular formula is C50H4. The third-order valence-corrected chi connectivity index (χ3v) is 2.99. The van der Waals surface area contributed by atoms with Crippen LogP contribution in [0.3, 0.4) is 0 Å². The maximum absolute atomic E-state index is 3.31. The molecule has 0 nitrogen and oxygen atoms in total. The van der Waals surface area contributed by atoms with Crippen LogP contribution in [0.1, 0.15) is 0 Å². The highest BCUT2D eigenvalue weighted by Crippen LogP contribution is 1.61. The summed E-state index contributed by atoms with van der Waals surface area (Å²) in [7, 11) is 0. The van der Waals surface area contributed by atoms with Crippen LogP contribution in [-0.4, -0.2) is 0 Å². The Kier molecular flexibility index (Phi) is 29.9. The molecule has 0 bridgehead atoms. The summed E-state index contributed by atoms with van der Waals surface area (Å²) >= 11 is 0. The second-order valence-corrected chi connectivity index (χ2v) is 6.10. The summed E-state index contributed by atoms with van der Waals surface area (Å²) in [5.74, 6) is 0. The summed E-state index contributed by atoms with van der Waals surface area (Å²) in [4.78, 5) is 0. The van der Waals surface area contributed by atoms with Crippen molar-refractivity contribution in [1.82, 2.24) is 0 Å². The lowest BCUT2D eigenvalue weighted by Crippen LogP contribution is -1.26. The third kappa shape index (κ3) is 37.2. The largest absolute Gasteiger partial charge is 0.0687 e. The molecule has 0 radical (unpaired) electrons. The molecule has 0 N–H and O–H groups in total. The van der Waals surface area contributed by atoms with Crippen molar-refractivity contribution >= 4 is 0 Å². The zero-order valence-electron chi connectivity index (χ0n) is 25.4. The molecule has 0 aliphatic rings. The molecule has 50 heavy (non-hydrogen) atoms. The molecule has 0 unspecified atom stereocenters. The van der Waals surface area contributed by atoms with E-state index < -0.39 is 0 Å². The smallest absolute Gasteiger partial charge is 0 e. The van der Waals surface area contributed by atoms with Gasteiger partial charge in [-0.1, -0.05) is 11.5 Å². The maximum atomic E-state index is 3.31. The molecule has 0 aromatic rings. The number of hydrogen-bond donors (Lipinski definition) is 0. The summed E-state index contributed by atoms with van der Waals surface area (Å²) in [6, 6.07) is 0. The van der Waals surface area contributed by atoms with Gasteiger partial charge in [-0.05, 0) is 105 Å². The van der Waals surface area contributed by atoms with Crippen molar-refractivity contribution in [2.45, 2.75) is 0 Å². The first-order valence-electron chi connectivity index (χ1n) is 12.5. The zero-order valence-corrected chi connectivity index (χ0v) is 25.4. The van der Waals surface area contributed by atoms with Crippen molar-refractivity contribution in [3.63, 3.8) is 0 Å². The van der Waals surface area contributed by atoms with E-state index in [4.69, 9.17) is 0 Å². The normalized spacial score (nSPS) is 3.92. The van der Waals surface area contributed by atoms with Gasteiger partial charge in [-0.2, -0.15) is 0 Å². The standard InChI is InChI=1S/C50H4/c1-3-5-7-9-11-13-15-17-19-21-23-25-27-29-31-33-35-37-39-41-43-45-47-49-50-48-46-44-42-40-38-36-34-32-30-28-26-24-22-20-18-16-14-12-10-8-6-4-2/h1-2H2. The van der Waals surface area contributed by atoms with Gasteiger partial charge >= 0.3 is 0 Å². The molecular weight excluding hydrogens is 601 g/mol. The molecule has 0 fully saturated rings. The topological polar surface area (TPSA) is 0 Å². The van der Waals surface area contributed by atoms with Crippen LogP contribution in [0.25, 0.3) is 0 Å². The van der Waals surface area contributed by atoms with Gasteiger partial charge in [-0.3, -0.25) is 0 Å². The number of hydrogen-bond acceptors (Lipinski definition) is 0. The first-order valence-corrected chi connectivity index (χ1v) is 12.5. The monoisotopic (exact) mass is 604 g/mol. The van der Waals surface area contributed by atoms with E-state index in [0.717, 1.165) is 0 Å². The summed E-state index contributed by atoms with van der Waals surface area (Å²) in [6.45, 7) is 6.62. The van der Waals surface area contributed by atoms with E-state index in [9.17, 15) is 0 Å². The molecule has 0 aliphatic heterocycles. The van der Waals surface area contributed by atoms with Gasteiger partial charge in [0.1, 0.15) is 0 Å². The Balaban J connectivity index is 6.08. The van der Waals surface area contributed by atoms with Crippen molar-refractivity contribution in [1.29, 1.82) is 0 Å². The van der Waals surface area contributed by atoms with Gasteiger partial charge in [-0.25, -0.2) is 0 Å². The third-order valence-electron chi connectivity index (χ3n) is 2.99. The fourth-order valence-corrected chi connectivity index (χ4v) is 1.46. The van der Waals surface area contributed by atoms with Crippen molar-refractivity contribution in [2.24, 2.45) is 0 Å². The van der Waals surface area contributed by atoms with Crippen LogP contribution in [0.4, 0.5) is 0 Å². The lowest BCUT2D eigenvalue weighted by atomic mass is 10.6. The summed E-state index contributed by atoms with van der Waals surface area (Å²) < 4.78 is 0. The molecule has 0 aliphatic carbocycles. The quantitative estimate of drug-likeness (QED) is 0.245. The molecule has 0 heterocycles. The van der Waals surface area contributed by atoms with Crippen LogP contribution in [0.15, 0.2) is 288 Å². The van der Waals surface area contributed by atoms with Crippen molar-refractivity contribution in [3.05, 3.63) is 288 Å². The highest BCUT2D eigenvalue weighted by Gasteiger charge is 1.45. The molecule has 0 spiro atoms. The van der Waals surface area contributed by atoms with Crippen LogP contribution in [0.2, 0.25) is 0 Å². The van der Waals surface area contributed by atoms with Gasteiger partial charge in [0.25, 0.3) is 0 Å². The van der Waals surface area contributed by atoms with Gasteiger partial charge < -0.3 is 0 Å². The molecule has 0 atom stereocenters. The molecule has 204 valence electrons. The average molecular weight is 605 g/mol. The highest BCUT2D eigenvalue weighted by atomic mass is 13.5. The Hall–Kier alpha value is -10.8. The summed E-state index contributed by atoms with van der Waals surface area (Å²) in [5.41, 5.74) is 119. The second kappa shape index (κ2) is 38.2. The highest BCUT2D eigenvalue weighted by molar-refractivity contribution is 4.97. The van der Waals surface area contributed by atoms with Crippen LogP contribution in [-0.2, 0) is 0 Å². The molecule has 0 aromatic carbocycles. The SMILES string of the molecule is C=C=C=C=C=C=C=C=C=C=C=C=C=C=C=C=C=C=C=C=C=C=C=C=C=C=C=C=C=C=C=C=C=C=C=C=C=C=C=C=C=C=C=C=C=C=C=C=C=C. The van der Waals surface area contributed by atoms with Crippen LogP contribution < -0.4 is 0 Å². The first-order chi connectivity index (χ1) is 24.9. The predicted octanol–water partition coefficient (Wildman–Crippen LogP) is 8.25. The zero-order chi connectivity index (χ0) is 35.9. The minimum Gasteiger partial charge on any atom is -0.0687 e. The fourth-order valence-electron chi connectivity index (χ4n) is 1.46. The van der Waals surface area contributed by atoms with Crippen molar-refractivity contribution in [2.75, 3.05) is 0 Å². The van der Waals surface area contributed by atoms with E-state index in [1.165, 1.54) is 0 Å². The van der Waals surface area contributed by atoms with Gasteiger partial charge in [0.15, 0.2) is 0 Å². The van der Waals surface area contributed by atoms with Crippen LogP contribution in [0, 0.1) is 0 Å². The minimum absolute atomic E-state index is 2.37. The molecule has 0 saturated heterocycles. The Morgan fingerprint density at radius 1 is 0.100 bits per heavy atom. The molecule has 0 rings (SSSR count). The molecule has 0 saturated carbocycles. The van der Waals surface area contributed by atoms with E-state index >= 15 is 0 Å². The number of rotatable bonds is 0. The summed E-state index contributed by atoms with van der Waals surface area (Å²) in [5, 5.41) is 0. The molecule has 0 aromatic heterocycles. The summed E-state index contributed by atoms with van der Waals surface area (Å²) in [6.07, 6.45) is 0. The lowest BCUT2D eigenvalue weighted by molar-refractivity contribution is 2.10. The van der Waals surface area contributed by atoms with Crippen molar-refractivity contribution in [3.8, 4) is 0 Å². The van der Waals surface area contributed by atoms with Gasteiger partial charge in [0, 0.05) is 172 Å². The van der Waals surface area contributed by atoms with Gasteiger partial charge in [0.05, 0.1) is 0 Å². The van der Waals surface area contributed by atoms with E-state index in [2.05, 4.69) is 288 Å². The van der Waals surface area contributed by atoms with E-state index in [1.807, 2.05) is 0 Å². The molecule has 0 heteroatoms. The van der Waals surface area contributed by atoms with Crippen LogP contribution in [0.5, 0.6) is 0 Å². The second-order valence-electron chi connectivity index (χ2n) is 6.10. The average Bonchev–Trinajstić information content (AvgIpc) is 3.13. The Labute approximate surface area is 287 Å². The van der Waals surface area contributed by atoms with Crippen molar-refractivity contribution < 1.29 is 0 Å². The Bertz CT molecular complexity index is 3190. The van der Waals surface area contributed by atoms with Gasteiger partial charge in [-0.15, -0.1) is 0 Å². The Morgan fingerprint density at radius 2 is 0.160 bits per heavy atom. The lowest BCUT2D eigenvalue weighted by Gasteiger charge is -1.41. The predicted molar refractivity (Wildman–Crippen MR) is 180 cm³/mol. The van der Waals surface area contributed by atoms with Crippen LogP contribution >= 0.6 is 0 Å². The minimum atomic E-state index is 2.37. The first kappa shape index (κ1) is 39.2. The van der Waals surface area contributed by atoms with E-state index in [-0.39, 0.29) is 0 Å². The van der Waals surface area contributed by atoms with Gasteiger partial charge in [0.2, 0.25) is 0 Å². The molecule has 0 amide bonds. The maximum Gasteiger partial charge on any atom is 0 e.